The van der Waals surface area contributed by atoms with Gasteiger partial charge >= 0.3 is 0 Å². The SMILES string of the molecule is Cn1nc(C(C)(C)NC(=O)C2[C@H]3CNC[C@@H]23)c2cc(Cl)ccc21. The van der Waals surface area contributed by atoms with Crippen LogP contribution in [0.2, 0.25) is 5.02 Å². The van der Waals surface area contributed by atoms with Crippen molar-refractivity contribution in [2.24, 2.45) is 24.8 Å². The van der Waals surface area contributed by atoms with Crippen LogP contribution in [-0.4, -0.2) is 28.8 Å². The van der Waals surface area contributed by atoms with Gasteiger partial charge in [-0.05, 0) is 57.0 Å². The van der Waals surface area contributed by atoms with Crippen LogP contribution in [0.3, 0.4) is 0 Å². The predicted molar refractivity (Wildman–Crippen MR) is 90.2 cm³/mol. The van der Waals surface area contributed by atoms with Gasteiger partial charge in [-0.3, -0.25) is 9.48 Å². The first-order valence-electron chi connectivity index (χ1n) is 8.04. The molecule has 2 fully saturated rings. The van der Waals surface area contributed by atoms with Gasteiger partial charge in [0.05, 0.1) is 16.7 Å². The van der Waals surface area contributed by atoms with Crippen LogP contribution in [0.1, 0.15) is 19.5 Å². The van der Waals surface area contributed by atoms with Crippen LogP contribution in [0.15, 0.2) is 18.2 Å². The van der Waals surface area contributed by atoms with E-state index in [1.165, 1.54) is 0 Å². The van der Waals surface area contributed by atoms with Gasteiger partial charge in [0.1, 0.15) is 0 Å². The third-order valence-electron chi connectivity index (χ3n) is 5.23. The lowest BCUT2D eigenvalue weighted by molar-refractivity contribution is -0.124. The van der Waals surface area contributed by atoms with Crippen molar-refractivity contribution in [2.75, 3.05) is 13.1 Å². The summed E-state index contributed by atoms with van der Waals surface area (Å²) < 4.78 is 1.84. The molecule has 1 unspecified atom stereocenters. The minimum absolute atomic E-state index is 0.146. The average molecular weight is 333 g/mol. The Hall–Kier alpha value is -1.59. The molecule has 0 spiro atoms. The normalized spacial score (nSPS) is 26.3. The standard InChI is InChI=1S/C17H21ClN4O/c1-17(2,20-16(23)14-11-7-19-8-12(11)14)15-10-6-9(18)4-5-13(10)22(3)21-15/h4-6,11-12,14,19H,7-8H2,1-3H3,(H,20,23)/t11-,12+,14?. The predicted octanol–water partition coefficient (Wildman–Crippen LogP) is 2.04. The first-order valence-corrected chi connectivity index (χ1v) is 8.42. The number of hydrogen-bond donors (Lipinski definition) is 2. The molecule has 23 heavy (non-hydrogen) atoms. The molecule has 0 bridgehead atoms. The highest BCUT2D eigenvalue weighted by molar-refractivity contribution is 6.31. The number of nitrogens with one attached hydrogen (secondary N) is 2. The molecule has 4 rings (SSSR count). The Bertz CT molecular complexity index is 787. The van der Waals surface area contributed by atoms with Crippen molar-refractivity contribution in [1.29, 1.82) is 0 Å². The smallest absolute Gasteiger partial charge is 0.224 e. The summed E-state index contributed by atoms with van der Waals surface area (Å²) in [6, 6.07) is 5.74. The lowest BCUT2D eigenvalue weighted by atomic mass is 9.96. The average Bonchev–Trinajstić information content (AvgIpc) is 2.80. The monoisotopic (exact) mass is 332 g/mol. The zero-order valence-corrected chi connectivity index (χ0v) is 14.3. The molecule has 1 aromatic carbocycles. The van der Waals surface area contributed by atoms with Crippen molar-refractivity contribution in [3.05, 3.63) is 28.9 Å². The van der Waals surface area contributed by atoms with Gasteiger partial charge in [0.2, 0.25) is 5.91 Å². The number of aryl methyl sites for hydroxylation is 1. The van der Waals surface area contributed by atoms with E-state index >= 15 is 0 Å². The fourth-order valence-electron chi connectivity index (χ4n) is 3.96. The van der Waals surface area contributed by atoms with Crippen LogP contribution in [-0.2, 0) is 17.4 Å². The van der Waals surface area contributed by atoms with E-state index in [1.54, 1.807) is 0 Å². The lowest BCUT2D eigenvalue weighted by Gasteiger charge is -2.25. The van der Waals surface area contributed by atoms with Gasteiger partial charge in [-0.15, -0.1) is 0 Å². The summed E-state index contributed by atoms with van der Waals surface area (Å²) in [6.45, 7) is 5.94. The van der Waals surface area contributed by atoms with Crippen molar-refractivity contribution < 1.29 is 4.79 Å². The summed E-state index contributed by atoms with van der Waals surface area (Å²) in [5.74, 6) is 1.34. The zero-order chi connectivity index (χ0) is 16.4. The molecule has 1 saturated carbocycles. The molecule has 2 aromatic rings. The highest BCUT2D eigenvalue weighted by Crippen LogP contribution is 2.49. The fourth-order valence-corrected chi connectivity index (χ4v) is 4.13. The summed E-state index contributed by atoms with van der Waals surface area (Å²) >= 11 is 6.15. The van der Waals surface area contributed by atoms with Crippen LogP contribution in [0.25, 0.3) is 10.9 Å². The second-order valence-corrected chi connectivity index (χ2v) is 7.70. The molecule has 2 heterocycles. The number of carbonyl (C=O) groups is 1. The quantitative estimate of drug-likeness (QED) is 0.904. The molecular weight excluding hydrogens is 312 g/mol. The number of rotatable bonds is 3. The molecule has 1 aliphatic heterocycles. The van der Waals surface area contributed by atoms with Crippen molar-refractivity contribution >= 4 is 28.4 Å². The van der Waals surface area contributed by atoms with Gasteiger partial charge < -0.3 is 10.6 Å². The number of hydrogen-bond acceptors (Lipinski definition) is 3. The van der Waals surface area contributed by atoms with Gasteiger partial charge in [-0.25, -0.2) is 0 Å². The third-order valence-corrected chi connectivity index (χ3v) is 5.47. The molecule has 1 aliphatic carbocycles. The van der Waals surface area contributed by atoms with Gasteiger partial charge in [-0.1, -0.05) is 11.6 Å². The molecule has 2 N–H and O–H groups in total. The second kappa shape index (κ2) is 4.95. The number of fused-ring (bicyclic) bond motifs is 2. The van der Waals surface area contributed by atoms with Crippen molar-refractivity contribution in [1.82, 2.24) is 20.4 Å². The maximum Gasteiger partial charge on any atom is 0.224 e. The number of benzene rings is 1. The Labute approximate surface area is 140 Å². The van der Waals surface area contributed by atoms with Crippen LogP contribution >= 0.6 is 11.6 Å². The Balaban J connectivity index is 1.63. The molecule has 122 valence electrons. The van der Waals surface area contributed by atoms with Crippen LogP contribution in [0.4, 0.5) is 0 Å². The van der Waals surface area contributed by atoms with Gasteiger partial charge in [0.15, 0.2) is 0 Å². The Morgan fingerprint density at radius 2 is 2.09 bits per heavy atom. The Morgan fingerprint density at radius 1 is 1.39 bits per heavy atom. The zero-order valence-electron chi connectivity index (χ0n) is 13.6. The number of halogens is 1. The highest BCUT2D eigenvalue weighted by Gasteiger charge is 2.57. The van der Waals surface area contributed by atoms with E-state index in [9.17, 15) is 4.79 Å². The first kappa shape index (κ1) is 15.0. The van der Waals surface area contributed by atoms with Crippen LogP contribution < -0.4 is 10.6 Å². The van der Waals surface area contributed by atoms with Crippen LogP contribution in [0, 0.1) is 17.8 Å². The number of aromatic nitrogens is 2. The number of piperidine rings is 1. The summed E-state index contributed by atoms with van der Waals surface area (Å²) in [7, 11) is 1.91. The van der Waals surface area contributed by atoms with E-state index in [4.69, 9.17) is 11.6 Å². The minimum atomic E-state index is -0.536. The first-order chi connectivity index (χ1) is 10.9. The third kappa shape index (κ3) is 2.34. The topological polar surface area (TPSA) is 59.0 Å². The number of carbonyl (C=O) groups excluding carboxylic acids is 1. The molecule has 3 atom stereocenters. The van der Waals surface area contributed by atoms with E-state index in [0.29, 0.717) is 16.9 Å². The summed E-state index contributed by atoms with van der Waals surface area (Å²) in [6.07, 6.45) is 0. The molecule has 6 heteroatoms. The minimum Gasteiger partial charge on any atom is -0.345 e. The Kier molecular flexibility index (Phi) is 3.22. The maximum absolute atomic E-state index is 12.6. The largest absolute Gasteiger partial charge is 0.345 e. The lowest BCUT2D eigenvalue weighted by Crippen LogP contribution is -2.43. The second-order valence-electron chi connectivity index (χ2n) is 7.26. The number of amides is 1. The van der Waals surface area contributed by atoms with E-state index in [1.807, 2.05) is 43.8 Å². The summed E-state index contributed by atoms with van der Waals surface area (Å²) in [4.78, 5) is 12.6. The van der Waals surface area contributed by atoms with Crippen molar-refractivity contribution in [2.45, 2.75) is 19.4 Å². The van der Waals surface area contributed by atoms with E-state index in [0.717, 1.165) is 29.7 Å². The molecule has 1 saturated heterocycles. The van der Waals surface area contributed by atoms with Gasteiger partial charge in [0.25, 0.3) is 0 Å². The van der Waals surface area contributed by atoms with Gasteiger partial charge in [0, 0.05) is 23.4 Å². The molecule has 1 amide bonds. The highest BCUT2D eigenvalue weighted by atomic mass is 35.5. The van der Waals surface area contributed by atoms with Crippen LogP contribution in [0.5, 0.6) is 0 Å². The molecule has 0 radical (unpaired) electrons. The van der Waals surface area contributed by atoms with Crippen molar-refractivity contribution in [3.8, 4) is 0 Å². The fraction of sp³-hybridized carbons (Fsp3) is 0.529. The van der Waals surface area contributed by atoms with Crippen molar-refractivity contribution in [3.63, 3.8) is 0 Å². The summed E-state index contributed by atoms with van der Waals surface area (Å²) in [5.41, 5.74) is 1.33. The summed E-state index contributed by atoms with van der Waals surface area (Å²) in [5, 5.41) is 12.8. The van der Waals surface area contributed by atoms with E-state index < -0.39 is 5.54 Å². The Morgan fingerprint density at radius 3 is 2.78 bits per heavy atom. The molecular formula is C17H21ClN4O. The van der Waals surface area contributed by atoms with Gasteiger partial charge in [-0.2, -0.15) is 5.10 Å². The number of nitrogens with zero attached hydrogens (tertiary/aromatic N) is 2. The molecule has 5 nitrogen and oxygen atoms in total. The molecule has 2 aliphatic rings. The molecule has 1 aromatic heterocycles. The maximum atomic E-state index is 12.6. The van der Waals surface area contributed by atoms with E-state index in [2.05, 4.69) is 15.7 Å². The van der Waals surface area contributed by atoms with E-state index in [-0.39, 0.29) is 11.8 Å².